The van der Waals surface area contributed by atoms with E-state index in [4.69, 9.17) is 0 Å². The van der Waals surface area contributed by atoms with Crippen molar-refractivity contribution in [2.45, 2.75) is 0 Å². The van der Waals surface area contributed by atoms with Crippen LogP contribution in [0.1, 0.15) is 0 Å². The number of fused-ring (bicyclic) bond motifs is 4. The molecular formula is C13H7N. The molecule has 4 rings (SSSR count). The van der Waals surface area contributed by atoms with Crippen LogP contribution in [0.25, 0.3) is 32.4 Å². The summed E-state index contributed by atoms with van der Waals surface area (Å²) in [5.74, 6) is 0. The van der Waals surface area contributed by atoms with Gasteiger partial charge in [0.15, 0.2) is 0 Å². The van der Waals surface area contributed by atoms with Crippen LogP contribution >= 0.6 is 0 Å². The number of benzene rings is 2. The lowest BCUT2D eigenvalue weighted by atomic mass is 10.1. The van der Waals surface area contributed by atoms with Crippen molar-refractivity contribution in [3.8, 4) is 0 Å². The highest BCUT2D eigenvalue weighted by molar-refractivity contribution is 6.15. The van der Waals surface area contributed by atoms with Crippen molar-refractivity contribution in [3.05, 3.63) is 42.6 Å². The molecule has 0 bridgehead atoms. The molecule has 0 saturated carbocycles. The Morgan fingerprint density at radius 1 is 0.714 bits per heavy atom. The first kappa shape index (κ1) is 6.55. The first-order valence-corrected chi connectivity index (χ1v) is 4.75. The fraction of sp³-hybridized carbons (Fsp3) is 0. The highest BCUT2D eigenvalue weighted by atomic mass is 14.7. The van der Waals surface area contributed by atoms with E-state index in [-0.39, 0.29) is 0 Å². The third kappa shape index (κ3) is 0.681. The van der Waals surface area contributed by atoms with E-state index in [9.17, 15) is 0 Å². The number of hydrogen-bond acceptors (Lipinski definition) is 1. The standard InChI is InChI=1S/C13H7N/c1-2-13-11(3-4-14-13)12-7-10-6-9(10)5-8(1)12/h1-7H. The van der Waals surface area contributed by atoms with Crippen LogP contribution in [-0.4, -0.2) is 4.98 Å². The molecule has 0 atom stereocenters. The molecule has 0 spiro atoms. The second-order valence-electron chi connectivity index (χ2n) is 3.79. The zero-order valence-electron chi connectivity index (χ0n) is 7.49. The molecule has 0 unspecified atom stereocenters. The summed E-state index contributed by atoms with van der Waals surface area (Å²) < 4.78 is 0. The van der Waals surface area contributed by atoms with Gasteiger partial charge in [-0.05, 0) is 51.9 Å². The number of hydrogen-bond donors (Lipinski definition) is 0. The molecule has 3 aromatic carbocycles. The summed E-state index contributed by atoms with van der Waals surface area (Å²) in [7, 11) is 0. The minimum atomic E-state index is 1.10. The van der Waals surface area contributed by atoms with Crippen LogP contribution < -0.4 is 0 Å². The molecule has 1 heterocycles. The Labute approximate surface area is 80.7 Å². The van der Waals surface area contributed by atoms with Crippen molar-refractivity contribution in [2.24, 2.45) is 0 Å². The fourth-order valence-corrected chi connectivity index (χ4v) is 2.11. The summed E-state index contributed by atoms with van der Waals surface area (Å²) in [6.07, 6.45) is 1.87. The van der Waals surface area contributed by atoms with Gasteiger partial charge in [0, 0.05) is 11.6 Å². The summed E-state index contributed by atoms with van der Waals surface area (Å²) in [6.45, 7) is 0. The summed E-state index contributed by atoms with van der Waals surface area (Å²) >= 11 is 0. The van der Waals surface area contributed by atoms with E-state index in [1.807, 2.05) is 6.20 Å². The minimum absolute atomic E-state index is 1.10. The molecule has 1 nitrogen and oxygen atoms in total. The van der Waals surface area contributed by atoms with E-state index in [0.717, 1.165) is 5.52 Å². The van der Waals surface area contributed by atoms with Crippen LogP contribution in [0.3, 0.4) is 0 Å². The summed E-state index contributed by atoms with van der Waals surface area (Å²) in [4.78, 5) is 4.31. The van der Waals surface area contributed by atoms with Gasteiger partial charge in [-0.1, -0.05) is 6.07 Å². The van der Waals surface area contributed by atoms with Gasteiger partial charge < -0.3 is 0 Å². The average molecular weight is 177 g/mol. The molecule has 0 saturated heterocycles. The van der Waals surface area contributed by atoms with Crippen molar-refractivity contribution in [1.29, 1.82) is 0 Å². The lowest BCUT2D eigenvalue weighted by Crippen LogP contribution is -1.71. The highest BCUT2D eigenvalue weighted by Crippen LogP contribution is 2.33. The third-order valence-electron chi connectivity index (χ3n) is 2.92. The van der Waals surface area contributed by atoms with Crippen molar-refractivity contribution in [3.63, 3.8) is 0 Å². The molecule has 1 aromatic heterocycles. The number of nitrogens with zero attached hydrogens (tertiary/aromatic N) is 1. The molecular weight excluding hydrogens is 170 g/mol. The molecule has 0 aliphatic heterocycles. The summed E-state index contributed by atoms with van der Waals surface area (Å²) in [5.41, 5.74) is 1.10. The predicted molar refractivity (Wildman–Crippen MR) is 59.1 cm³/mol. The fourth-order valence-electron chi connectivity index (χ4n) is 2.11. The first-order chi connectivity index (χ1) is 6.92. The van der Waals surface area contributed by atoms with E-state index in [1.165, 1.54) is 26.9 Å². The van der Waals surface area contributed by atoms with Gasteiger partial charge in [-0.3, -0.25) is 4.98 Å². The Morgan fingerprint density at radius 3 is 2.57 bits per heavy atom. The molecule has 0 N–H and O–H groups in total. The molecule has 4 aromatic rings. The van der Waals surface area contributed by atoms with Gasteiger partial charge in [0.1, 0.15) is 0 Å². The molecule has 0 aliphatic carbocycles. The number of rotatable bonds is 0. The van der Waals surface area contributed by atoms with E-state index in [2.05, 4.69) is 41.4 Å². The summed E-state index contributed by atoms with van der Waals surface area (Å²) in [5, 5.41) is 6.68. The van der Waals surface area contributed by atoms with Gasteiger partial charge in [0.25, 0.3) is 0 Å². The molecule has 0 fully saturated rings. The zero-order chi connectivity index (χ0) is 9.12. The van der Waals surface area contributed by atoms with Gasteiger partial charge in [-0.15, -0.1) is 0 Å². The van der Waals surface area contributed by atoms with Crippen LogP contribution in [0.4, 0.5) is 0 Å². The molecule has 14 heavy (non-hydrogen) atoms. The predicted octanol–water partition coefficient (Wildman–Crippen LogP) is 3.42. The lowest BCUT2D eigenvalue weighted by Gasteiger charge is -1.96. The van der Waals surface area contributed by atoms with E-state index < -0.39 is 0 Å². The molecule has 1 heteroatoms. The van der Waals surface area contributed by atoms with Gasteiger partial charge in [0.05, 0.1) is 5.52 Å². The smallest absolute Gasteiger partial charge is 0.0708 e. The maximum absolute atomic E-state index is 4.31. The quantitative estimate of drug-likeness (QED) is 0.401. The molecule has 0 aliphatic rings. The largest absolute Gasteiger partial charge is 0.256 e. The normalized spacial score (nSPS) is 12.3. The van der Waals surface area contributed by atoms with Gasteiger partial charge in [-0.2, -0.15) is 0 Å². The van der Waals surface area contributed by atoms with Crippen molar-refractivity contribution >= 4 is 32.4 Å². The minimum Gasteiger partial charge on any atom is -0.256 e. The van der Waals surface area contributed by atoms with Crippen LogP contribution in [0.15, 0.2) is 42.6 Å². The number of aromatic nitrogens is 1. The Balaban J connectivity index is 2.39. The van der Waals surface area contributed by atoms with Gasteiger partial charge >= 0.3 is 0 Å². The topological polar surface area (TPSA) is 12.9 Å². The van der Waals surface area contributed by atoms with Crippen LogP contribution in [0.5, 0.6) is 0 Å². The Hall–Kier alpha value is -1.89. The monoisotopic (exact) mass is 177 g/mol. The van der Waals surface area contributed by atoms with E-state index in [0.29, 0.717) is 0 Å². The third-order valence-corrected chi connectivity index (χ3v) is 2.92. The van der Waals surface area contributed by atoms with Gasteiger partial charge in [0.2, 0.25) is 0 Å². The zero-order valence-corrected chi connectivity index (χ0v) is 7.49. The molecule has 0 radical (unpaired) electrons. The molecule has 64 valence electrons. The summed E-state index contributed by atoms with van der Waals surface area (Å²) in [6, 6.07) is 13.0. The Bertz CT molecular complexity index is 727. The highest BCUT2D eigenvalue weighted by Gasteiger charge is 2.07. The van der Waals surface area contributed by atoms with Gasteiger partial charge in [-0.25, -0.2) is 0 Å². The maximum Gasteiger partial charge on any atom is 0.0708 e. The van der Waals surface area contributed by atoms with Crippen molar-refractivity contribution in [2.75, 3.05) is 0 Å². The van der Waals surface area contributed by atoms with Crippen molar-refractivity contribution < 1.29 is 0 Å². The first-order valence-electron chi connectivity index (χ1n) is 4.75. The SMILES string of the molecule is c1cc2c(ccc3cc4cc4cc32)n1. The molecule has 0 amide bonds. The second-order valence-corrected chi connectivity index (χ2v) is 3.79. The van der Waals surface area contributed by atoms with Crippen molar-refractivity contribution in [1.82, 2.24) is 4.98 Å². The van der Waals surface area contributed by atoms with E-state index in [1.54, 1.807) is 0 Å². The van der Waals surface area contributed by atoms with Crippen LogP contribution in [0, 0.1) is 0 Å². The maximum atomic E-state index is 4.31. The average Bonchev–Trinajstić information content (AvgIpc) is 2.78. The Morgan fingerprint density at radius 2 is 1.57 bits per heavy atom. The van der Waals surface area contributed by atoms with Crippen LogP contribution in [-0.2, 0) is 0 Å². The van der Waals surface area contributed by atoms with Crippen LogP contribution in [0.2, 0.25) is 0 Å². The second kappa shape index (κ2) is 1.95. The van der Waals surface area contributed by atoms with E-state index >= 15 is 0 Å². The lowest BCUT2D eigenvalue weighted by molar-refractivity contribution is 1.48. The Kier molecular flexibility index (Phi) is 0.914.